The van der Waals surface area contributed by atoms with Gasteiger partial charge in [-0.25, -0.2) is 0 Å². The first-order valence-electron chi connectivity index (χ1n) is 6.03. The summed E-state index contributed by atoms with van der Waals surface area (Å²) in [5.41, 5.74) is 1.65. The van der Waals surface area contributed by atoms with Crippen molar-refractivity contribution < 1.29 is 0 Å². The highest BCUT2D eigenvalue weighted by molar-refractivity contribution is 5.14. The van der Waals surface area contributed by atoms with Crippen LogP contribution in [0.4, 0.5) is 0 Å². The van der Waals surface area contributed by atoms with Crippen molar-refractivity contribution in [2.75, 3.05) is 7.05 Å². The number of hydrogen-bond donors (Lipinski definition) is 1. The fourth-order valence-corrected chi connectivity index (χ4v) is 2.32. The lowest BCUT2D eigenvalue weighted by atomic mass is 9.82. The van der Waals surface area contributed by atoms with Crippen LogP contribution >= 0.6 is 0 Å². The van der Waals surface area contributed by atoms with Crippen LogP contribution in [0.2, 0.25) is 0 Å². The van der Waals surface area contributed by atoms with Crippen molar-refractivity contribution in [3.8, 4) is 0 Å². The van der Waals surface area contributed by atoms with Crippen LogP contribution in [0.5, 0.6) is 0 Å². The Balaban J connectivity index is 2.64. The summed E-state index contributed by atoms with van der Waals surface area (Å²) in [6, 6.07) is 0.607. The van der Waals surface area contributed by atoms with Crippen molar-refractivity contribution in [3.63, 3.8) is 0 Å². The van der Waals surface area contributed by atoms with Crippen LogP contribution in [0.3, 0.4) is 0 Å². The van der Waals surface area contributed by atoms with E-state index in [4.69, 9.17) is 0 Å². The molecule has 0 aromatic carbocycles. The first kappa shape index (κ1) is 11.8. The Labute approximate surface area is 89.0 Å². The Hall–Kier alpha value is -0.300. The molecule has 0 spiro atoms. The monoisotopic (exact) mass is 195 g/mol. The molecule has 0 bridgehead atoms. The maximum absolute atomic E-state index is 3.48. The van der Waals surface area contributed by atoms with Crippen LogP contribution in [0.15, 0.2) is 11.6 Å². The van der Waals surface area contributed by atoms with Crippen LogP contribution in [0, 0.1) is 11.8 Å². The molecule has 1 N–H and O–H groups in total. The van der Waals surface area contributed by atoms with Gasteiger partial charge in [-0.3, -0.25) is 0 Å². The van der Waals surface area contributed by atoms with Crippen molar-refractivity contribution in [1.82, 2.24) is 5.32 Å². The molecule has 0 aromatic rings. The largest absolute Gasteiger partial charge is 0.313 e. The molecule has 0 amide bonds. The highest BCUT2D eigenvalue weighted by Gasteiger charge is 2.22. The van der Waals surface area contributed by atoms with Gasteiger partial charge in [-0.1, -0.05) is 32.4 Å². The van der Waals surface area contributed by atoms with Gasteiger partial charge in [0.15, 0.2) is 0 Å². The highest BCUT2D eigenvalue weighted by atomic mass is 14.9. The van der Waals surface area contributed by atoms with Gasteiger partial charge in [0.2, 0.25) is 0 Å². The normalized spacial score (nSPS) is 21.9. The molecule has 0 radical (unpaired) electrons. The van der Waals surface area contributed by atoms with E-state index in [1.165, 1.54) is 25.7 Å². The number of nitrogens with one attached hydrogen (secondary N) is 1. The minimum atomic E-state index is 0.607. The van der Waals surface area contributed by atoms with Gasteiger partial charge in [-0.2, -0.15) is 0 Å². The number of hydrogen-bond acceptors (Lipinski definition) is 1. The maximum atomic E-state index is 3.48. The van der Waals surface area contributed by atoms with E-state index in [1.807, 2.05) is 0 Å². The summed E-state index contributed by atoms with van der Waals surface area (Å²) in [4.78, 5) is 0. The quantitative estimate of drug-likeness (QED) is 0.678. The molecule has 0 heterocycles. The third kappa shape index (κ3) is 2.84. The lowest BCUT2D eigenvalue weighted by Gasteiger charge is -2.30. The van der Waals surface area contributed by atoms with Crippen LogP contribution in [0.25, 0.3) is 0 Å². The average Bonchev–Trinajstić information content (AvgIpc) is 2.20. The molecule has 1 aliphatic carbocycles. The third-order valence-corrected chi connectivity index (χ3v) is 3.61. The second kappa shape index (κ2) is 5.55. The Morgan fingerprint density at radius 1 is 1.21 bits per heavy atom. The van der Waals surface area contributed by atoms with Crippen molar-refractivity contribution in [3.05, 3.63) is 11.6 Å². The summed E-state index contributed by atoms with van der Waals surface area (Å²) in [7, 11) is 2.10. The Kier molecular flexibility index (Phi) is 4.67. The molecule has 2 atom stereocenters. The summed E-state index contributed by atoms with van der Waals surface area (Å²) in [5.74, 6) is 1.50. The molecule has 1 aliphatic rings. The minimum absolute atomic E-state index is 0.607. The van der Waals surface area contributed by atoms with Gasteiger partial charge >= 0.3 is 0 Å². The molecule has 1 nitrogen and oxygen atoms in total. The Morgan fingerprint density at radius 2 is 1.93 bits per heavy atom. The van der Waals surface area contributed by atoms with E-state index < -0.39 is 0 Å². The molecule has 2 unspecified atom stereocenters. The van der Waals surface area contributed by atoms with E-state index >= 15 is 0 Å². The van der Waals surface area contributed by atoms with E-state index in [2.05, 4.69) is 39.2 Å². The Bertz CT molecular complexity index is 193. The third-order valence-electron chi connectivity index (χ3n) is 3.61. The predicted octanol–water partition coefficient (Wildman–Crippen LogP) is 3.37. The van der Waals surface area contributed by atoms with Crippen LogP contribution in [0.1, 0.15) is 46.5 Å². The number of allylic oxidation sites excluding steroid dienone is 1. The summed E-state index contributed by atoms with van der Waals surface area (Å²) in [6.45, 7) is 7.00. The molecular weight excluding hydrogens is 170 g/mol. The van der Waals surface area contributed by atoms with Crippen molar-refractivity contribution in [2.24, 2.45) is 11.8 Å². The molecule has 0 saturated heterocycles. The van der Waals surface area contributed by atoms with Gasteiger partial charge in [-0.05, 0) is 44.6 Å². The Morgan fingerprint density at radius 3 is 2.36 bits per heavy atom. The topological polar surface area (TPSA) is 12.0 Å². The van der Waals surface area contributed by atoms with E-state index in [0.29, 0.717) is 6.04 Å². The van der Waals surface area contributed by atoms with Crippen LogP contribution < -0.4 is 5.32 Å². The molecule has 0 saturated carbocycles. The SMILES string of the molecule is CNC(C1=CCCCC1)C(C)C(C)C. The zero-order valence-electron chi connectivity index (χ0n) is 10.1. The van der Waals surface area contributed by atoms with E-state index in [-0.39, 0.29) is 0 Å². The van der Waals surface area contributed by atoms with Crippen LogP contribution in [-0.4, -0.2) is 13.1 Å². The minimum Gasteiger partial charge on any atom is -0.313 e. The molecule has 0 fully saturated rings. The van der Waals surface area contributed by atoms with Crippen molar-refractivity contribution >= 4 is 0 Å². The van der Waals surface area contributed by atoms with Crippen molar-refractivity contribution in [2.45, 2.75) is 52.5 Å². The number of rotatable bonds is 4. The predicted molar refractivity (Wildman–Crippen MR) is 63.4 cm³/mol. The van der Waals surface area contributed by atoms with Crippen LogP contribution in [-0.2, 0) is 0 Å². The highest BCUT2D eigenvalue weighted by Crippen LogP contribution is 2.27. The van der Waals surface area contributed by atoms with Gasteiger partial charge in [0, 0.05) is 6.04 Å². The fraction of sp³-hybridized carbons (Fsp3) is 0.846. The van der Waals surface area contributed by atoms with E-state index in [1.54, 1.807) is 5.57 Å². The van der Waals surface area contributed by atoms with Gasteiger partial charge in [0.1, 0.15) is 0 Å². The lowest BCUT2D eigenvalue weighted by Crippen LogP contribution is -2.37. The standard InChI is InChI=1S/C13H25N/c1-10(2)11(3)13(14-4)12-8-6-5-7-9-12/h8,10-11,13-14H,5-7,9H2,1-4H3. The fourth-order valence-electron chi connectivity index (χ4n) is 2.32. The lowest BCUT2D eigenvalue weighted by molar-refractivity contribution is 0.333. The molecule has 0 aromatic heterocycles. The molecular formula is C13H25N. The smallest absolute Gasteiger partial charge is 0.0304 e. The summed E-state index contributed by atoms with van der Waals surface area (Å²) >= 11 is 0. The first-order chi connectivity index (χ1) is 6.66. The number of likely N-dealkylation sites (N-methyl/N-ethyl adjacent to an activating group) is 1. The average molecular weight is 195 g/mol. The summed E-state index contributed by atoms with van der Waals surface area (Å²) in [6.07, 6.45) is 7.83. The van der Waals surface area contributed by atoms with Gasteiger partial charge in [0.25, 0.3) is 0 Å². The van der Waals surface area contributed by atoms with Gasteiger partial charge in [-0.15, -0.1) is 0 Å². The maximum Gasteiger partial charge on any atom is 0.0304 e. The molecule has 1 rings (SSSR count). The first-order valence-corrected chi connectivity index (χ1v) is 6.03. The van der Waals surface area contributed by atoms with Gasteiger partial charge in [0.05, 0.1) is 0 Å². The summed E-state index contributed by atoms with van der Waals surface area (Å²) < 4.78 is 0. The van der Waals surface area contributed by atoms with Gasteiger partial charge < -0.3 is 5.32 Å². The van der Waals surface area contributed by atoms with E-state index in [9.17, 15) is 0 Å². The molecule has 0 aliphatic heterocycles. The van der Waals surface area contributed by atoms with E-state index in [0.717, 1.165) is 11.8 Å². The molecule has 82 valence electrons. The van der Waals surface area contributed by atoms with Crippen molar-refractivity contribution in [1.29, 1.82) is 0 Å². The summed E-state index contributed by atoms with van der Waals surface area (Å²) in [5, 5.41) is 3.48. The second-order valence-corrected chi connectivity index (χ2v) is 4.89. The molecule has 1 heteroatoms. The zero-order valence-corrected chi connectivity index (χ0v) is 10.1. The molecule has 14 heavy (non-hydrogen) atoms. The zero-order chi connectivity index (χ0) is 10.6. The second-order valence-electron chi connectivity index (χ2n) is 4.89.